The molecular formula is C13H18BrN3O. The Labute approximate surface area is 116 Å². The van der Waals surface area contributed by atoms with Gasteiger partial charge in [0.1, 0.15) is 5.82 Å². The number of aryl methyl sites for hydroxylation is 1. The molecule has 2 heterocycles. The van der Waals surface area contributed by atoms with Crippen LogP contribution >= 0.6 is 15.9 Å². The molecule has 0 spiro atoms. The highest BCUT2D eigenvalue weighted by atomic mass is 79.9. The van der Waals surface area contributed by atoms with Gasteiger partial charge >= 0.3 is 0 Å². The first-order chi connectivity index (χ1) is 8.61. The average molecular weight is 312 g/mol. The van der Waals surface area contributed by atoms with Crippen LogP contribution in [0, 0.1) is 6.92 Å². The summed E-state index contributed by atoms with van der Waals surface area (Å²) in [6, 6.07) is 2.08. The van der Waals surface area contributed by atoms with Crippen molar-refractivity contribution in [3.05, 3.63) is 22.3 Å². The summed E-state index contributed by atoms with van der Waals surface area (Å²) in [5, 5.41) is 0. The first-order valence-electron chi connectivity index (χ1n) is 6.26. The zero-order valence-electron chi connectivity index (χ0n) is 10.8. The molecule has 1 aromatic rings. The minimum atomic E-state index is 0.245. The monoisotopic (exact) mass is 311 g/mol. The number of halogens is 1. The van der Waals surface area contributed by atoms with Gasteiger partial charge in [-0.1, -0.05) is 6.92 Å². The van der Waals surface area contributed by atoms with Crippen LogP contribution in [0.3, 0.4) is 0 Å². The van der Waals surface area contributed by atoms with Crippen molar-refractivity contribution in [3.8, 4) is 0 Å². The second-order valence-electron chi connectivity index (χ2n) is 4.52. The van der Waals surface area contributed by atoms with E-state index in [0.717, 1.165) is 36.5 Å². The molecule has 0 unspecified atom stereocenters. The second kappa shape index (κ2) is 5.69. The van der Waals surface area contributed by atoms with Gasteiger partial charge in [0.25, 0.3) is 0 Å². The van der Waals surface area contributed by atoms with Gasteiger partial charge in [-0.25, -0.2) is 4.98 Å². The molecule has 1 saturated heterocycles. The third-order valence-corrected chi connectivity index (χ3v) is 3.69. The standard InChI is InChI=1S/C13H18BrN3O/c1-3-12(18)16-4-6-17(7-5-16)13-10(2)8-11(14)9-15-13/h8-9H,3-7H2,1-2H3. The number of carbonyl (C=O) groups excluding carboxylic acids is 1. The van der Waals surface area contributed by atoms with Gasteiger partial charge in [-0.05, 0) is 34.5 Å². The van der Waals surface area contributed by atoms with Gasteiger partial charge in [0.15, 0.2) is 0 Å². The lowest BCUT2D eigenvalue weighted by Crippen LogP contribution is -2.49. The van der Waals surface area contributed by atoms with Crippen molar-refractivity contribution in [1.82, 2.24) is 9.88 Å². The number of piperazine rings is 1. The minimum absolute atomic E-state index is 0.245. The summed E-state index contributed by atoms with van der Waals surface area (Å²) in [5.74, 6) is 1.27. The van der Waals surface area contributed by atoms with E-state index in [4.69, 9.17) is 0 Å². The Morgan fingerprint density at radius 2 is 2.06 bits per heavy atom. The molecule has 1 aliphatic heterocycles. The van der Waals surface area contributed by atoms with E-state index in [2.05, 4.69) is 38.8 Å². The fourth-order valence-corrected chi connectivity index (χ4v) is 2.70. The van der Waals surface area contributed by atoms with Crippen LogP contribution in [0.15, 0.2) is 16.7 Å². The maximum atomic E-state index is 11.6. The smallest absolute Gasteiger partial charge is 0.222 e. The number of amides is 1. The number of rotatable bonds is 2. The highest BCUT2D eigenvalue weighted by Crippen LogP contribution is 2.21. The number of anilines is 1. The van der Waals surface area contributed by atoms with Crippen LogP contribution in [0.25, 0.3) is 0 Å². The number of nitrogens with zero attached hydrogens (tertiary/aromatic N) is 3. The van der Waals surface area contributed by atoms with Gasteiger partial charge in [0.2, 0.25) is 5.91 Å². The summed E-state index contributed by atoms with van der Waals surface area (Å²) in [6.45, 7) is 7.29. The number of hydrogen-bond acceptors (Lipinski definition) is 3. The van der Waals surface area contributed by atoms with Crippen molar-refractivity contribution >= 4 is 27.7 Å². The Balaban J connectivity index is 2.03. The Morgan fingerprint density at radius 1 is 1.39 bits per heavy atom. The van der Waals surface area contributed by atoms with Crippen molar-refractivity contribution in [1.29, 1.82) is 0 Å². The molecule has 0 atom stereocenters. The van der Waals surface area contributed by atoms with E-state index >= 15 is 0 Å². The van der Waals surface area contributed by atoms with E-state index in [1.807, 2.05) is 18.0 Å². The van der Waals surface area contributed by atoms with Gasteiger partial charge < -0.3 is 9.80 Å². The Kier molecular flexibility index (Phi) is 4.22. The van der Waals surface area contributed by atoms with Crippen molar-refractivity contribution in [2.45, 2.75) is 20.3 Å². The molecule has 0 radical (unpaired) electrons. The van der Waals surface area contributed by atoms with Crippen LogP contribution < -0.4 is 4.90 Å². The summed E-state index contributed by atoms with van der Waals surface area (Å²) in [4.78, 5) is 20.3. The number of aromatic nitrogens is 1. The first kappa shape index (κ1) is 13.3. The number of hydrogen-bond donors (Lipinski definition) is 0. The van der Waals surface area contributed by atoms with Crippen LogP contribution in [0.5, 0.6) is 0 Å². The minimum Gasteiger partial charge on any atom is -0.353 e. The molecule has 1 aromatic heterocycles. The lowest BCUT2D eigenvalue weighted by molar-refractivity contribution is -0.131. The fourth-order valence-electron chi connectivity index (χ4n) is 2.26. The van der Waals surface area contributed by atoms with Crippen molar-refractivity contribution in [2.75, 3.05) is 31.1 Å². The zero-order valence-corrected chi connectivity index (χ0v) is 12.4. The van der Waals surface area contributed by atoms with E-state index in [1.54, 1.807) is 0 Å². The van der Waals surface area contributed by atoms with Gasteiger partial charge in [-0.2, -0.15) is 0 Å². The predicted molar refractivity (Wildman–Crippen MR) is 75.8 cm³/mol. The second-order valence-corrected chi connectivity index (χ2v) is 5.43. The third kappa shape index (κ3) is 2.83. The molecule has 4 nitrogen and oxygen atoms in total. The summed E-state index contributed by atoms with van der Waals surface area (Å²) in [7, 11) is 0. The Morgan fingerprint density at radius 3 is 2.61 bits per heavy atom. The quantitative estimate of drug-likeness (QED) is 0.840. The molecule has 98 valence electrons. The average Bonchev–Trinajstić information content (AvgIpc) is 2.38. The van der Waals surface area contributed by atoms with Crippen LogP contribution in [0.4, 0.5) is 5.82 Å². The maximum absolute atomic E-state index is 11.6. The summed E-state index contributed by atoms with van der Waals surface area (Å²) in [6.07, 6.45) is 2.42. The molecule has 0 aliphatic carbocycles. The van der Waals surface area contributed by atoms with Crippen LogP contribution in [0.2, 0.25) is 0 Å². The highest BCUT2D eigenvalue weighted by Gasteiger charge is 2.21. The molecule has 2 rings (SSSR count). The van der Waals surface area contributed by atoms with Gasteiger partial charge in [0.05, 0.1) is 0 Å². The molecule has 0 bridgehead atoms. The Hall–Kier alpha value is -1.10. The molecule has 0 N–H and O–H groups in total. The summed E-state index contributed by atoms with van der Waals surface area (Å²) >= 11 is 3.42. The molecule has 1 amide bonds. The van der Waals surface area contributed by atoms with Crippen LogP contribution in [-0.2, 0) is 4.79 Å². The Bertz CT molecular complexity index is 442. The maximum Gasteiger partial charge on any atom is 0.222 e. The van der Waals surface area contributed by atoms with Gasteiger partial charge in [0, 0.05) is 43.3 Å². The lowest BCUT2D eigenvalue weighted by atomic mass is 10.2. The van der Waals surface area contributed by atoms with Gasteiger partial charge in [-0.15, -0.1) is 0 Å². The highest BCUT2D eigenvalue weighted by molar-refractivity contribution is 9.10. The molecule has 5 heteroatoms. The van der Waals surface area contributed by atoms with E-state index < -0.39 is 0 Å². The third-order valence-electron chi connectivity index (χ3n) is 3.25. The van der Waals surface area contributed by atoms with E-state index in [9.17, 15) is 4.79 Å². The predicted octanol–water partition coefficient (Wildman–Crippen LogP) is 2.21. The van der Waals surface area contributed by atoms with Crippen LogP contribution in [-0.4, -0.2) is 42.0 Å². The SMILES string of the molecule is CCC(=O)N1CCN(c2ncc(Br)cc2C)CC1. The van der Waals surface area contributed by atoms with Gasteiger partial charge in [-0.3, -0.25) is 4.79 Å². The summed E-state index contributed by atoms with van der Waals surface area (Å²) < 4.78 is 1.00. The van der Waals surface area contributed by atoms with Crippen LogP contribution in [0.1, 0.15) is 18.9 Å². The molecule has 0 saturated carbocycles. The lowest BCUT2D eigenvalue weighted by Gasteiger charge is -2.36. The van der Waals surface area contributed by atoms with Crippen molar-refractivity contribution in [3.63, 3.8) is 0 Å². The van der Waals surface area contributed by atoms with E-state index in [-0.39, 0.29) is 5.91 Å². The number of pyridine rings is 1. The topological polar surface area (TPSA) is 36.4 Å². The normalized spacial score (nSPS) is 15.9. The largest absolute Gasteiger partial charge is 0.353 e. The number of carbonyl (C=O) groups is 1. The molecule has 18 heavy (non-hydrogen) atoms. The fraction of sp³-hybridized carbons (Fsp3) is 0.538. The van der Waals surface area contributed by atoms with Crippen molar-refractivity contribution < 1.29 is 4.79 Å². The first-order valence-corrected chi connectivity index (χ1v) is 7.06. The summed E-state index contributed by atoms with van der Waals surface area (Å²) in [5.41, 5.74) is 1.17. The molecule has 1 aliphatic rings. The van der Waals surface area contributed by atoms with E-state index in [1.165, 1.54) is 5.56 Å². The zero-order chi connectivity index (χ0) is 13.1. The molecule has 1 fully saturated rings. The van der Waals surface area contributed by atoms with E-state index in [0.29, 0.717) is 6.42 Å². The molecular weight excluding hydrogens is 294 g/mol. The van der Waals surface area contributed by atoms with Crippen molar-refractivity contribution in [2.24, 2.45) is 0 Å². The molecule has 0 aromatic carbocycles.